The molecular formula is C18H20ClNO3S. The molecule has 0 aliphatic carbocycles. The molecule has 0 N–H and O–H groups in total. The van der Waals surface area contributed by atoms with Crippen LogP contribution in [0, 0.1) is 6.92 Å². The maximum absolute atomic E-state index is 13.0. The fraction of sp³-hybridized carbons (Fsp3) is 0.333. The third kappa shape index (κ3) is 3.16. The molecule has 0 saturated carbocycles. The van der Waals surface area contributed by atoms with E-state index < -0.39 is 10.0 Å². The van der Waals surface area contributed by atoms with E-state index in [9.17, 15) is 8.42 Å². The molecule has 24 heavy (non-hydrogen) atoms. The molecule has 128 valence electrons. The monoisotopic (exact) mass is 365 g/mol. The first-order valence-electron chi connectivity index (χ1n) is 7.82. The largest absolute Gasteiger partial charge is 0.496 e. The van der Waals surface area contributed by atoms with Gasteiger partial charge >= 0.3 is 0 Å². The maximum Gasteiger partial charge on any atom is 0.243 e. The van der Waals surface area contributed by atoms with Crippen LogP contribution in [0.5, 0.6) is 5.75 Å². The quantitative estimate of drug-likeness (QED) is 0.827. The molecule has 1 unspecified atom stereocenters. The highest BCUT2D eigenvalue weighted by atomic mass is 35.5. The minimum absolute atomic E-state index is 0.135. The Morgan fingerprint density at radius 2 is 1.96 bits per heavy atom. The number of hydrogen-bond donors (Lipinski definition) is 0. The molecule has 1 fully saturated rings. The normalized spacial score (nSPS) is 18.7. The summed E-state index contributed by atoms with van der Waals surface area (Å²) in [5, 5.41) is 0.430. The molecule has 1 aliphatic rings. The van der Waals surface area contributed by atoms with Gasteiger partial charge in [0.05, 0.1) is 12.0 Å². The van der Waals surface area contributed by atoms with Crippen LogP contribution in [0.2, 0.25) is 5.02 Å². The third-order valence-corrected chi connectivity index (χ3v) is 6.74. The topological polar surface area (TPSA) is 46.6 Å². The lowest BCUT2D eigenvalue weighted by Crippen LogP contribution is -2.29. The Morgan fingerprint density at radius 1 is 1.21 bits per heavy atom. The number of methoxy groups -OCH3 is 1. The van der Waals surface area contributed by atoms with E-state index in [4.69, 9.17) is 16.3 Å². The van der Waals surface area contributed by atoms with Gasteiger partial charge in [-0.3, -0.25) is 0 Å². The summed E-state index contributed by atoms with van der Waals surface area (Å²) in [5.74, 6) is 0.941. The van der Waals surface area contributed by atoms with Crippen molar-refractivity contribution in [1.82, 2.24) is 4.31 Å². The van der Waals surface area contributed by atoms with E-state index in [-0.39, 0.29) is 10.8 Å². The number of para-hydroxylation sites is 1. The zero-order valence-electron chi connectivity index (χ0n) is 13.7. The van der Waals surface area contributed by atoms with Crippen molar-refractivity contribution in [3.63, 3.8) is 0 Å². The Kier molecular flexibility index (Phi) is 4.85. The summed E-state index contributed by atoms with van der Waals surface area (Å²) in [4.78, 5) is 0.288. The SMILES string of the molecule is COc1ccccc1C1CCN(S(=O)(=O)c2cc(Cl)ccc2C)C1. The molecule has 4 nitrogen and oxygen atoms in total. The summed E-state index contributed by atoms with van der Waals surface area (Å²) >= 11 is 5.99. The number of nitrogens with zero attached hydrogens (tertiary/aromatic N) is 1. The van der Waals surface area contributed by atoms with Gasteiger partial charge in [0.1, 0.15) is 5.75 Å². The summed E-state index contributed by atoms with van der Waals surface area (Å²) in [6.45, 7) is 2.74. The predicted octanol–water partition coefficient (Wildman–Crippen LogP) is 3.84. The van der Waals surface area contributed by atoms with E-state index in [1.165, 1.54) is 6.07 Å². The second kappa shape index (κ2) is 6.75. The lowest BCUT2D eigenvalue weighted by molar-refractivity contribution is 0.405. The zero-order valence-corrected chi connectivity index (χ0v) is 15.3. The van der Waals surface area contributed by atoms with E-state index in [1.807, 2.05) is 24.3 Å². The van der Waals surface area contributed by atoms with Gasteiger partial charge < -0.3 is 4.74 Å². The van der Waals surface area contributed by atoms with E-state index in [2.05, 4.69) is 0 Å². The number of halogens is 1. The smallest absolute Gasteiger partial charge is 0.243 e. The van der Waals surface area contributed by atoms with Gasteiger partial charge in [-0.25, -0.2) is 8.42 Å². The minimum Gasteiger partial charge on any atom is -0.496 e. The van der Waals surface area contributed by atoms with Gasteiger partial charge in [0.25, 0.3) is 0 Å². The Bertz CT molecular complexity index is 851. The summed E-state index contributed by atoms with van der Waals surface area (Å²) < 4.78 is 32.9. The molecule has 6 heteroatoms. The summed E-state index contributed by atoms with van der Waals surface area (Å²) in [5.41, 5.74) is 1.76. The van der Waals surface area contributed by atoms with Crippen molar-refractivity contribution in [1.29, 1.82) is 0 Å². The van der Waals surface area contributed by atoms with E-state index in [1.54, 1.807) is 30.5 Å². The second-order valence-electron chi connectivity index (χ2n) is 6.00. The van der Waals surface area contributed by atoms with Crippen LogP contribution < -0.4 is 4.74 Å². The summed E-state index contributed by atoms with van der Waals surface area (Å²) in [6.07, 6.45) is 0.777. The highest BCUT2D eigenvalue weighted by molar-refractivity contribution is 7.89. The molecule has 0 amide bonds. The molecule has 3 rings (SSSR count). The van der Waals surface area contributed by atoms with Crippen LogP contribution in [0.25, 0.3) is 0 Å². The van der Waals surface area contributed by atoms with Crippen molar-refractivity contribution in [2.45, 2.75) is 24.2 Å². The number of hydrogen-bond acceptors (Lipinski definition) is 3. The standard InChI is InChI=1S/C18H20ClNO3S/c1-13-7-8-15(19)11-18(13)24(21,22)20-10-9-14(12-20)16-5-3-4-6-17(16)23-2/h3-8,11,14H,9-10,12H2,1-2H3. The molecule has 1 saturated heterocycles. The van der Waals surface area contributed by atoms with E-state index in [0.717, 1.165) is 17.7 Å². The average molecular weight is 366 g/mol. The maximum atomic E-state index is 13.0. The molecule has 0 aromatic heterocycles. The van der Waals surface area contributed by atoms with Gasteiger partial charge in [-0.2, -0.15) is 4.31 Å². The molecule has 1 heterocycles. The van der Waals surface area contributed by atoms with Crippen LogP contribution in [-0.4, -0.2) is 32.9 Å². The Labute approximate surface area is 148 Å². The van der Waals surface area contributed by atoms with Gasteiger partial charge in [-0.05, 0) is 42.7 Å². The van der Waals surface area contributed by atoms with Crippen molar-refractivity contribution in [3.05, 3.63) is 58.6 Å². The van der Waals surface area contributed by atoms with Crippen molar-refractivity contribution < 1.29 is 13.2 Å². The van der Waals surface area contributed by atoms with Crippen LogP contribution in [0.4, 0.5) is 0 Å². The van der Waals surface area contributed by atoms with Crippen LogP contribution in [-0.2, 0) is 10.0 Å². The van der Waals surface area contributed by atoms with Crippen LogP contribution >= 0.6 is 11.6 Å². The lowest BCUT2D eigenvalue weighted by Gasteiger charge is -2.19. The molecule has 0 bridgehead atoms. The minimum atomic E-state index is -3.54. The van der Waals surface area contributed by atoms with Crippen LogP contribution in [0.1, 0.15) is 23.5 Å². The molecule has 0 radical (unpaired) electrons. The van der Waals surface area contributed by atoms with Gasteiger partial charge in [0.15, 0.2) is 0 Å². The summed E-state index contributed by atoms with van der Waals surface area (Å²) in [6, 6.07) is 12.8. The first kappa shape index (κ1) is 17.3. The molecular weight excluding hydrogens is 346 g/mol. The lowest BCUT2D eigenvalue weighted by atomic mass is 9.97. The Hall–Kier alpha value is -1.56. The van der Waals surface area contributed by atoms with Crippen molar-refractivity contribution in [2.24, 2.45) is 0 Å². The highest BCUT2D eigenvalue weighted by Gasteiger charge is 2.35. The van der Waals surface area contributed by atoms with Crippen molar-refractivity contribution >= 4 is 21.6 Å². The molecule has 1 aliphatic heterocycles. The van der Waals surface area contributed by atoms with Gasteiger partial charge in [-0.15, -0.1) is 0 Å². The van der Waals surface area contributed by atoms with Crippen molar-refractivity contribution in [2.75, 3.05) is 20.2 Å². The average Bonchev–Trinajstić information content (AvgIpc) is 3.07. The zero-order chi connectivity index (χ0) is 17.3. The van der Waals surface area contributed by atoms with Crippen LogP contribution in [0.15, 0.2) is 47.4 Å². The number of ether oxygens (including phenoxy) is 1. The predicted molar refractivity (Wildman–Crippen MR) is 95.3 cm³/mol. The highest BCUT2D eigenvalue weighted by Crippen LogP contribution is 2.36. The van der Waals surface area contributed by atoms with E-state index >= 15 is 0 Å². The molecule has 2 aromatic carbocycles. The molecule has 1 atom stereocenters. The second-order valence-corrected chi connectivity index (χ2v) is 8.34. The number of aryl methyl sites for hydroxylation is 1. The number of rotatable bonds is 4. The van der Waals surface area contributed by atoms with Gasteiger partial charge in [-0.1, -0.05) is 35.9 Å². The summed E-state index contributed by atoms with van der Waals surface area (Å²) in [7, 11) is -1.91. The fourth-order valence-electron chi connectivity index (χ4n) is 3.19. The first-order chi connectivity index (χ1) is 11.4. The van der Waals surface area contributed by atoms with E-state index in [0.29, 0.717) is 23.7 Å². The fourth-order valence-corrected chi connectivity index (χ4v) is 5.18. The first-order valence-corrected chi connectivity index (χ1v) is 9.64. The Balaban J connectivity index is 1.88. The number of sulfonamides is 1. The van der Waals surface area contributed by atoms with Gasteiger partial charge in [0.2, 0.25) is 10.0 Å². The van der Waals surface area contributed by atoms with Gasteiger partial charge in [0, 0.05) is 24.0 Å². The molecule has 2 aromatic rings. The van der Waals surface area contributed by atoms with Crippen molar-refractivity contribution in [3.8, 4) is 5.75 Å². The third-order valence-electron chi connectivity index (χ3n) is 4.50. The number of benzene rings is 2. The Morgan fingerprint density at radius 3 is 2.71 bits per heavy atom. The molecule has 0 spiro atoms. The van der Waals surface area contributed by atoms with Crippen LogP contribution in [0.3, 0.4) is 0 Å².